The molecule has 77 heavy (non-hydrogen) atoms. The molecule has 1 heterocycles. The van der Waals surface area contributed by atoms with E-state index in [4.69, 9.17) is 9.47 Å². The third-order valence-electron chi connectivity index (χ3n) is 15.9. The number of carbonyl (C=O) groups excluding carboxylic acids is 1. The number of allylic oxidation sites excluding steroid dienone is 6. The molecular formula is C66H125NO10. The van der Waals surface area contributed by atoms with Crippen LogP contribution in [0.2, 0.25) is 0 Å². The Morgan fingerprint density at radius 1 is 0.442 bits per heavy atom. The van der Waals surface area contributed by atoms with Gasteiger partial charge in [-0.2, -0.15) is 0 Å². The second kappa shape index (κ2) is 54.9. The maximum absolute atomic E-state index is 13.2. The number of aliphatic hydroxyl groups excluding tert-OH is 7. The fraction of sp³-hybridized carbons (Fsp3) is 0.894. The molecule has 1 fully saturated rings. The zero-order valence-corrected chi connectivity index (χ0v) is 50.0. The van der Waals surface area contributed by atoms with E-state index < -0.39 is 74.2 Å². The van der Waals surface area contributed by atoms with Crippen LogP contribution in [-0.2, 0) is 14.3 Å². The van der Waals surface area contributed by atoms with Crippen molar-refractivity contribution in [3.63, 3.8) is 0 Å². The predicted molar refractivity (Wildman–Crippen MR) is 321 cm³/mol. The molecule has 0 aromatic carbocycles. The maximum Gasteiger partial charge on any atom is 0.249 e. The van der Waals surface area contributed by atoms with Gasteiger partial charge in [-0.25, -0.2) is 0 Å². The summed E-state index contributed by atoms with van der Waals surface area (Å²) in [6.45, 7) is 3.44. The summed E-state index contributed by atoms with van der Waals surface area (Å²) >= 11 is 0. The summed E-state index contributed by atoms with van der Waals surface area (Å²) in [7, 11) is 0. The van der Waals surface area contributed by atoms with Crippen LogP contribution in [0.4, 0.5) is 0 Å². The molecule has 11 nitrogen and oxygen atoms in total. The summed E-state index contributed by atoms with van der Waals surface area (Å²) in [6.07, 6.45) is 58.1. The lowest BCUT2D eigenvalue weighted by Gasteiger charge is -2.40. The Kier molecular flexibility index (Phi) is 52.3. The molecule has 1 amide bonds. The monoisotopic (exact) mass is 1090 g/mol. The van der Waals surface area contributed by atoms with E-state index in [-0.39, 0.29) is 12.8 Å². The number of unbranched alkanes of at least 4 members (excludes halogenated alkanes) is 39. The minimum atomic E-state index is -1.67. The Balaban J connectivity index is 2.17. The summed E-state index contributed by atoms with van der Waals surface area (Å²) in [5, 5.41) is 76.2. The van der Waals surface area contributed by atoms with Gasteiger partial charge in [0, 0.05) is 0 Å². The molecule has 0 aliphatic carbocycles. The van der Waals surface area contributed by atoms with Gasteiger partial charge in [0.1, 0.15) is 36.6 Å². The molecule has 8 N–H and O–H groups in total. The highest BCUT2D eigenvalue weighted by molar-refractivity contribution is 5.80. The van der Waals surface area contributed by atoms with E-state index in [9.17, 15) is 40.5 Å². The number of nitrogens with one attached hydrogen (secondary N) is 1. The quantitative estimate of drug-likeness (QED) is 0.0215. The lowest BCUT2D eigenvalue weighted by atomic mass is 9.98. The van der Waals surface area contributed by atoms with Crippen LogP contribution in [0.3, 0.4) is 0 Å². The minimum Gasteiger partial charge on any atom is -0.394 e. The zero-order valence-electron chi connectivity index (χ0n) is 50.0. The molecule has 0 bridgehead atoms. The van der Waals surface area contributed by atoms with Gasteiger partial charge in [0.05, 0.1) is 25.4 Å². The average molecular weight is 1090 g/mol. The van der Waals surface area contributed by atoms with Crippen molar-refractivity contribution in [1.82, 2.24) is 5.32 Å². The van der Waals surface area contributed by atoms with Crippen molar-refractivity contribution < 1.29 is 50.0 Å². The summed E-state index contributed by atoms with van der Waals surface area (Å²) in [6, 6.07) is -1.19. The van der Waals surface area contributed by atoms with Crippen LogP contribution in [0.25, 0.3) is 0 Å². The van der Waals surface area contributed by atoms with E-state index in [2.05, 4.69) is 55.6 Å². The topological polar surface area (TPSA) is 189 Å². The Morgan fingerprint density at radius 2 is 0.779 bits per heavy atom. The highest BCUT2D eigenvalue weighted by Gasteiger charge is 2.44. The van der Waals surface area contributed by atoms with E-state index in [1.807, 2.05) is 0 Å². The van der Waals surface area contributed by atoms with E-state index >= 15 is 0 Å². The van der Waals surface area contributed by atoms with Crippen LogP contribution < -0.4 is 5.32 Å². The molecule has 1 aliphatic heterocycles. The minimum absolute atomic E-state index is 0.242. The van der Waals surface area contributed by atoms with Crippen molar-refractivity contribution in [2.24, 2.45) is 0 Å². The first kappa shape index (κ1) is 73.3. The summed E-state index contributed by atoms with van der Waals surface area (Å²) in [5.41, 5.74) is 0. The zero-order chi connectivity index (χ0) is 56.1. The van der Waals surface area contributed by atoms with Crippen LogP contribution in [0, 0.1) is 0 Å². The Bertz CT molecular complexity index is 1350. The van der Waals surface area contributed by atoms with Gasteiger partial charge in [0.25, 0.3) is 0 Å². The van der Waals surface area contributed by atoms with Crippen LogP contribution in [0.15, 0.2) is 36.5 Å². The Labute approximate surface area is 473 Å². The van der Waals surface area contributed by atoms with Gasteiger partial charge in [-0.3, -0.25) is 4.79 Å². The van der Waals surface area contributed by atoms with Crippen LogP contribution >= 0.6 is 0 Å². The molecule has 0 spiro atoms. The van der Waals surface area contributed by atoms with Crippen molar-refractivity contribution in [2.75, 3.05) is 13.2 Å². The first-order valence-corrected chi connectivity index (χ1v) is 32.9. The van der Waals surface area contributed by atoms with Gasteiger partial charge in [0.15, 0.2) is 6.29 Å². The van der Waals surface area contributed by atoms with Crippen LogP contribution in [0.1, 0.15) is 309 Å². The number of hydrogen-bond acceptors (Lipinski definition) is 10. The first-order valence-electron chi connectivity index (χ1n) is 32.9. The van der Waals surface area contributed by atoms with Crippen molar-refractivity contribution in [3.8, 4) is 0 Å². The highest BCUT2D eigenvalue weighted by Crippen LogP contribution is 2.24. The van der Waals surface area contributed by atoms with Gasteiger partial charge < -0.3 is 50.5 Å². The molecule has 9 atom stereocenters. The molecule has 454 valence electrons. The molecule has 1 rings (SSSR count). The SMILES string of the molecule is CCCCC/C=C/CC/C=C/CC/C=C/CCCC(O)C(O)C(COC1OC(CO)C(O)C(O)C1O)NC(=O)C(O)CCCCCCCCCCCCCCCCCCCCCCCCCCCCCCCCCCCC. The lowest BCUT2D eigenvalue weighted by Crippen LogP contribution is -2.60. The number of ether oxygens (including phenoxy) is 2. The summed E-state index contributed by atoms with van der Waals surface area (Å²) in [5.74, 6) is -0.708. The van der Waals surface area contributed by atoms with Crippen molar-refractivity contribution in [1.29, 1.82) is 0 Å². The van der Waals surface area contributed by atoms with Gasteiger partial charge in [-0.15, -0.1) is 0 Å². The first-order chi connectivity index (χ1) is 37.7. The number of rotatable bonds is 57. The molecular weight excluding hydrogens is 967 g/mol. The highest BCUT2D eigenvalue weighted by atomic mass is 16.7. The van der Waals surface area contributed by atoms with E-state index in [0.717, 1.165) is 44.9 Å². The molecule has 1 aliphatic rings. The second-order valence-corrected chi connectivity index (χ2v) is 23.2. The van der Waals surface area contributed by atoms with E-state index in [0.29, 0.717) is 19.3 Å². The van der Waals surface area contributed by atoms with Gasteiger partial charge in [-0.05, 0) is 64.2 Å². The Hall–Kier alpha value is -1.67. The number of hydrogen-bond donors (Lipinski definition) is 8. The number of amides is 1. The fourth-order valence-corrected chi connectivity index (χ4v) is 10.6. The molecule has 9 unspecified atom stereocenters. The second-order valence-electron chi connectivity index (χ2n) is 23.2. The largest absolute Gasteiger partial charge is 0.394 e. The molecule has 1 saturated heterocycles. The molecule has 0 aromatic rings. The average Bonchev–Trinajstić information content (AvgIpc) is 3.43. The van der Waals surface area contributed by atoms with E-state index in [1.165, 1.54) is 218 Å². The lowest BCUT2D eigenvalue weighted by molar-refractivity contribution is -0.303. The van der Waals surface area contributed by atoms with Crippen molar-refractivity contribution >= 4 is 5.91 Å². The normalized spacial score (nSPS) is 19.7. The molecule has 0 aromatic heterocycles. The van der Waals surface area contributed by atoms with Crippen molar-refractivity contribution in [2.45, 2.75) is 364 Å². The summed E-state index contributed by atoms with van der Waals surface area (Å²) in [4.78, 5) is 13.2. The number of aliphatic hydroxyl groups is 7. The number of carbonyl (C=O) groups is 1. The van der Waals surface area contributed by atoms with E-state index in [1.54, 1.807) is 0 Å². The molecule has 0 radical (unpaired) electrons. The smallest absolute Gasteiger partial charge is 0.249 e. The third kappa shape index (κ3) is 42.8. The Morgan fingerprint density at radius 3 is 1.16 bits per heavy atom. The van der Waals surface area contributed by atoms with Gasteiger partial charge in [-0.1, -0.05) is 281 Å². The standard InChI is InChI=1S/C66H125NO10/c1-3-5-7-9-11-13-15-17-19-21-22-23-24-25-26-27-28-29-30-31-32-33-34-35-36-37-38-40-42-44-46-48-50-52-54-59(70)65(75)67-57(56-76-66-64(74)63(73)62(72)60(55-68)77-66)61(71)58(69)53-51-49-47-45-43-41-39-20-18-16-14-12-10-8-6-4-2/h12,14,20,39,45,47,57-64,66,68-74H,3-11,13,15-19,21-38,40-44,46,48-56H2,1-2H3,(H,67,75)/b14-12+,39-20+,47-45+. The van der Waals surface area contributed by atoms with Crippen molar-refractivity contribution in [3.05, 3.63) is 36.5 Å². The molecule has 11 heteroatoms. The summed E-state index contributed by atoms with van der Waals surface area (Å²) < 4.78 is 11.1. The third-order valence-corrected chi connectivity index (χ3v) is 15.9. The predicted octanol–water partition coefficient (Wildman–Crippen LogP) is 15.0. The molecule has 0 saturated carbocycles. The maximum atomic E-state index is 13.2. The van der Waals surface area contributed by atoms with Gasteiger partial charge in [0.2, 0.25) is 5.91 Å². The fourth-order valence-electron chi connectivity index (χ4n) is 10.6. The van der Waals surface area contributed by atoms with Crippen LogP contribution in [-0.4, -0.2) is 110 Å². The van der Waals surface area contributed by atoms with Gasteiger partial charge >= 0.3 is 0 Å². The van der Waals surface area contributed by atoms with Crippen LogP contribution in [0.5, 0.6) is 0 Å².